The van der Waals surface area contributed by atoms with E-state index in [4.69, 9.17) is 4.74 Å². The van der Waals surface area contributed by atoms with Crippen LogP contribution in [0.4, 0.5) is 13.2 Å². The van der Waals surface area contributed by atoms with E-state index in [2.05, 4.69) is 20.9 Å². The summed E-state index contributed by atoms with van der Waals surface area (Å²) in [6.07, 6.45) is -3.37. The van der Waals surface area contributed by atoms with Crippen molar-refractivity contribution in [3.8, 4) is 5.75 Å². The number of alkyl halides is 4. The molecule has 1 rings (SSSR count). The predicted octanol–water partition coefficient (Wildman–Crippen LogP) is 3.00. The average molecular weight is 270 g/mol. The number of rotatable bonds is 2. The molecule has 78 valence electrons. The normalized spacial score (nSPS) is 11.5. The lowest BCUT2D eigenvalue weighted by Gasteiger charge is -2.10. The highest BCUT2D eigenvalue weighted by atomic mass is 79.9. The summed E-state index contributed by atoms with van der Waals surface area (Å²) in [5.74, 6) is 0.312. The summed E-state index contributed by atoms with van der Waals surface area (Å²) in [6.45, 7) is 0. The molecule has 0 amide bonds. The fourth-order valence-corrected chi connectivity index (χ4v) is 1.38. The number of nitrogens with zero attached hydrogens (tertiary/aromatic N) is 1. The van der Waals surface area contributed by atoms with Gasteiger partial charge >= 0.3 is 6.18 Å². The van der Waals surface area contributed by atoms with E-state index >= 15 is 0 Å². The molecule has 0 fully saturated rings. The Balaban J connectivity index is 3.18. The van der Waals surface area contributed by atoms with Crippen molar-refractivity contribution in [3.63, 3.8) is 0 Å². The van der Waals surface area contributed by atoms with Gasteiger partial charge in [-0.2, -0.15) is 13.2 Å². The van der Waals surface area contributed by atoms with Crippen molar-refractivity contribution in [2.75, 3.05) is 7.11 Å². The fraction of sp³-hybridized carbons (Fsp3) is 0.375. The first-order valence-electron chi connectivity index (χ1n) is 3.65. The minimum atomic E-state index is -4.42. The Labute approximate surface area is 87.2 Å². The molecule has 0 aliphatic rings. The molecule has 14 heavy (non-hydrogen) atoms. The molecule has 1 heterocycles. The average Bonchev–Trinajstić information content (AvgIpc) is 2.15. The number of hydrogen-bond acceptors (Lipinski definition) is 2. The second kappa shape index (κ2) is 4.16. The first-order valence-corrected chi connectivity index (χ1v) is 4.77. The lowest BCUT2D eigenvalue weighted by Crippen LogP contribution is -2.11. The summed E-state index contributed by atoms with van der Waals surface area (Å²) in [6, 6.07) is 1.31. The maximum absolute atomic E-state index is 12.3. The molecule has 0 unspecified atom stereocenters. The smallest absolute Gasteiger partial charge is 0.433 e. The van der Waals surface area contributed by atoms with Gasteiger partial charge in [-0.25, -0.2) is 4.98 Å². The molecule has 0 radical (unpaired) electrons. The third-order valence-corrected chi connectivity index (χ3v) is 2.19. The van der Waals surface area contributed by atoms with E-state index in [-0.39, 0.29) is 10.9 Å². The molecule has 0 aromatic carbocycles. The van der Waals surface area contributed by atoms with Gasteiger partial charge in [0.25, 0.3) is 0 Å². The van der Waals surface area contributed by atoms with Gasteiger partial charge in [-0.05, 0) is 11.6 Å². The Bertz CT molecular complexity index is 327. The summed E-state index contributed by atoms with van der Waals surface area (Å²) in [7, 11) is 1.38. The van der Waals surface area contributed by atoms with Crippen molar-refractivity contribution in [2.45, 2.75) is 11.5 Å². The Kier molecular flexibility index (Phi) is 3.36. The van der Waals surface area contributed by atoms with Crippen LogP contribution in [0, 0.1) is 0 Å². The number of ether oxygens (including phenoxy) is 1. The van der Waals surface area contributed by atoms with Gasteiger partial charge in [0, 0.05) is 5.33 Å². The molecule has 6 heteroatoms. The zero-order chi connectivity index (χ0) is 10.8. The maximum Gasteiger partial charge on any atom is 0.433 e. The molecule has 0 saturated carbocycles. The van der Waals surface area contributed by atoms with Crippen LogP contribution in [0.5, 0.6) is 5.75 Å². The Hall–Kier alpha value is -0.780. The molecule has 0 aliphatic carbocycles. The van der Waals surface area contributed by atoms with Crippen molar-refractivity contribution in [2.24, 2.45) is 0 Å². The van der Waals surface area contributed by atoms with Crippen molar-refractivity contribution in [1.29, 1.82) is 0 Å². The van der Waals surface area contributed by atoms with Crippen LogP contribution in [-0.2, 0) is 11.5 Å². The number of methoxy groups -OCH3 is 1. The van der Waals surface area contributed by atoms with Crippen LogP contribution in [0.25, 0.3) is 0 Å². The zero-order valence-corrected chi connectivity index (χ0v) is 8.82. The minimum Gasteiger partial charge on any atom is -0.495 e. The number of pyridine rings is 1. The SMILES string of the molecule is COc1cnc(C(F)(F)F)c(CBr)c1. The topological polar surface area (TPSA) is 22.1 Å². The van der Waals surface area contributed by atoms with Crippen LogP contribution >= 0.6 is 15.9 Å². The second-order valence-corrected chi connectivity index (χ2v) is 3.07. The van der Waals surface area contributed by atoms with Gasteiger partial charge in [-0.3, -0.25) is 0 Å². The molecule has 0 saturated heterocycles. The van der Waals surface area contributed by atoms with Gasteiger partial charge in [0.15, 0.2) is 0 Å². The van der Waals surface area contributed by atoms with Crippen LogP contribution in [0.15, 0.2) is 12.3 Å². The van der Waals surface area contributed by atoms with Crippen LogP contribution < -0.4 is 4.74 Å². The van der Waals surface area contributed by atoms with Crippen molar-refractivity contribution in [3.05, 3.63) is 23.5 Å². The summed E-state index contributed by atoms with van der Waals surface area (Å²) in [5, 5.41) is 0.0893. The number of halogens is 4. The number of hydrogen-bond donors (Lipinski definition) is 0. The summed E-state index contributed by atoms with van der Waals surface area (Å²) >= 11 is 2.97. The fourth-order valence-electron chi connectivity index (χ4n) is 0.957. The highest BCUT2D eigenvalue weighted by Gasteiger charge is 2.35. The molecule has 0 spiro atoms. The molecular formula is C8H7BrF3NO. The van der Waals surface area contributed by atoms with Crippen molar-refractivity contribution < 1.29 is 17.9 Å². The van der Waals surface area contributed by atoms with E-state index < -0.39 is 11.9 Å². The summed E-state index contributed by atoms with van der Waals surface area (Å²) in [5.41, 5.74) is -0.813. The molecular weight excluding hydrogens is 263 g/mol. The van der Waals surface area contributed by atoms with Crippen LogP contribution in [0.1, 0.15) is 11.3 Å². The van der Waals surface area contributed by atoms with Crippen LogP contribution in [0.3, 0.4) is 0 Å². The Morgan fingerprint density at radius 1 is 1.50 bits per heavy atom. The van der Waals surface area contributed by atoms with E-state index in [1.54, 1.807) is 0 Å². The van der Waals surface area contributed by atoms with Crippen LogP contribution in [0.2, 0.25) is 0 Å². The van der Waals surface area contributed by atoms with E-state index in [1.165, 1.54) is 13.2 Å². The minimum absolute atomic E-state index is 0.0665. The molecule has 0 N–H and O–H groups in total. The van der Waals surface area contributed by atoms with Gasteiger partial charge in [-0.15, -0.1) is 0 Å². The summed E-state index contributed by atoms with van der Waals surface area (Å²) in [4.78, 5) is 3.31. The molecule has 0 bridgehead atoms. The number of aromatic nitrogens is 1. The van der Waals surface area contributed by atoms with Gasteiger partial charge < -0.3 is 4.74 Å². The van der Waals surface area contributed by atoms with Crippen LogP contribution in [-0.4, -0.2) is 12.1 Å². The van der Waals surface area contributed by atoms with Gasteiger partial charge in [-0.1, -0.05) is 15.9 Å². The highest BCUT2D eigenvalue weighted by Crippen LogP contribution is 2.32. The lowest BCUT2D eigenvalue weighted by atomic mass is 10.2. The first kappa shape index (κ1) is 11.3. The molecule has 0 atom stereocenters. The van der Waals surface area contributed by atoms with Crippen molar-refractivity contribution in [1.82, 2.24) is 4.98 Å². The largest absolute Gasteiger partial charge is 0.495 e. The second-order valence-electron chi connectivity index (χ2n) is 2.51. The Morgan fingerprint density at radius 3 is 2.57 bits per heavy atom. The third-order valence-electron chi connectivity index (χ3n) is 1.59. The van der Waals surface area contributed by atoms with Gasteiger partial charge in [0.05, 0.1) is 13.3 Å². The standard InChI is InChI=1S/C8H7BrF3NO/c1-14-6-2-5(3-9)7(13-4-6)8(10,11)12/h2,4H,3H2,1H3. The highest BCUT2D eigenvalue weighted by molar-refractivity contribution is 9.08. The predicted molar refractivity (Wildman–Crippen MR) is 48.4 cm³/mol. The van der Waals surface area contributed by atoms with E-state index in [0.717, 1.165) is 6.20 Å². The molecule has 1 aromatic rings. The maximum atomic E-state index is 12.3. The van der Waals surface area contributed by atoms with E-state index in [9.17, 15) is 13.2 Å². The molecule has 2 nitrogen and oxygen atoms in total. The van der Waals surface area contributed by atoms with E-state index in [1.807, 2.05) is 0 Å². The van der Waals surface area contributed by atoms with Crippen molar-refractivity contribution >= 4 is 15.9 Å². The molecule has 0 aliphatic heterocycles. The lowest BCUT2D eigenvalue weighted by molar-refractivity contribution is -0.141. The van der Waals surface area contributed by atoms with Gasteiger partial charge in [0.2, 0.25) is 0 Å². The summed E-state index contributed by atoms with van der Waals surface area (Å²) < 4.78 is 41.8. The van der Waals surface area contributed by atoms with Gasteiger partial charge in [0.1, 0.15) is 11.4 Å². The third kappa shape index (κ3) is 2.37. The molecule has 1 aromatic heterocycles. The first-order chi connectivity index (χ1) is 6.49. The monoisotopic (exact) mass is 269 g/mol. The Morgan fingerprint density at radius 2 is 2.14 bits per heavy atom. The quantitative estimate of drug-likeness (QED) is 0.771. The zero-order valence-electron chi connectivity index (χ0n) is 7.23. The van der Waals surface area contributed by atoms with E-state index in [0.29, 0.717) is 5.75 Å².